The second-order valence-corrected chi connectivity index (χ2v) is 4.89. The summed E-state index contributed by atoms with van der Waals surface area (Å²) in [6.07, 6.45) is 2.90. The van der Waals surface area contributed by atoms with E-state index in [0.29, 0.717) is 12.6 Å². The third kappa shape index (κ3) is 3.34. The molecule has 1 aromatic rings. The summed E-state index contributed by atoms with van der Waals surface area (Å²) in [5.74, 6) is 1.76. The van der Waals surface area contributed by atoms with Crippen LogP contribution >= 0.6 is 0 Å². The lowest BCUT2D eigenvalue weighted by Crippen LogP contribution is -2.22. The molecule has 3 heteroatoms. The summed E-state index contributed by atoms with van der Waals surface area (Å²) in [6, 6.07) is 0.458. The van der Waals surface area contributed by atoms with E-state index in [2.05, 4.69) is 44.9 Å². The summed E-state index contributed by atoms with van der Waals surface area (Å²) in [4.78, 5) is 4.27. The van der Waals surface area contributed by atoms with Crippen molar-refractivity contribution in [3.8, 4) is 0 Å². The van der Waals surface area contributed by atoms with Crippen LogP contribution in [0.3, 0.4) is 0 Å². The van der Waals surface area contributed by atoms with Crippen molar-refractivity contribution >= 4 is 0 Å². The quantitative estimate of drug-likeness (QED) is 0.812. The molecule has 0 bridgehead atoms. The van der Waals surface area contributed by atoms with Crippen LogP contribution in [-0.2, 0) is 12.0 Å². The van der Waals surface area contributed by atoms with Crippen molar-refractivity contribution in [1.29, 1.82) is 0 Å². The van der Waals surface area contributed by atoms with Gasteiger partial charge in [0.2, 0.25) is 5.89 Å². The van der Waals surface area contributed by atoms with Crippen molar-refractivity contribution in [3.63, 3.8) is 0 Å². The summed E-state index contributed by atoms with van der Waals surface area (Å²) < 4.78 is 5.72. The molecule has 0 unspecified atom stereocenters. The average molecular weight is 210 g/mol. The first-order valence-electron chi connectivity index (χ1n) is 5.64. The normalized spacial score (nSPS) is 12.4. The summed E-state index contributed by atoms with van der Waals surface area (Å²) in [5.41, 5.74) is 0.0864. The molecule has 0 aliphatic heterocycles. The van der Waals surface area contributed by atoms with Crippen LogP contribution in [0.4, 0.5) is 0 Å². The Bertz CT molecular complexity index is 302. The number of hydrogen-bond donors (Lipinski definition) is 1. The fourth-order valence-corrected chi connectivity index (χ4v) is 1.17. The molecule has 0 saturated heterocycles. The van der Waals surface area contributed by atoms with Gasteiger partial charge in [0.05, 0.1) is 12.7 Å². The molecular weight excluding hydrogens is 188 g/mol. The average Bonchev–Trinajstić information content (AvgIpc) is 2.63. The number of nitrogens with zero attached hydrogens (tertiary/aromatic N) is 1. The van der Waals surface area contributed by atoms with E-state index in [1.54, 1.807) is 0 Å². The molecule has 1 N–H and O–H groups in total. The van der Waals surface area contributed by atoms with Gasteiger partial charge in [-0.1, -0.05) is 34.6 Å². The monoisotopic (exact) mass is 210 g/mol. The van der Waals surface area contributed by atoms with E-state index in [1.165, 1.54) is 0 Å². The molecule has 0 amide bonds. The maximum Gasteiger partial charge on any atom is 0.208 e. The Morgan fingerprint density at radius 2 is 2.13 bits per heavy atom. The van der Waals surface area contributed by atoms with E-state index in [1.807, 2.05) is 6.20 Å². The number of hydrogen-bond acceptors (Lipinski definition) is 3. The molecule has 0 aliphatic rings. The Labute approximate surface area is 92.3 Å². The van der Waals surface area contributed by atoms with Crippen molar-refractivity contribution < 1.29 is 4.42 Å². The van der Waals surface area contributed by atoms with Gasteiger partial charge in [0.25, 0.3) is 0 Å². The van der Waals surface area contributed by atoms with E-state index >= 15 is 0 Å². The second kappa shape index (κ2) is 4.79. The second-order valence-electron chi connectivity index (χ2n) is 4.89. The van der Waals surface area contributed by atoms with E-state index in [0.717, 1.165) is 18.1 Å². The van der Waals surface area contributed by atoms with Gasteiger partial charge in [-0.15, -0.1) is 0 Å². The van der Waals surface area contributed by atoms with E-state index < -0.39 is 0 Å². The maximum atomic E-state index is 5.72. The highest BCUT2D eigenvalue weighted by molar-refractivity contribution is 5.07. The summed E-state index contributed by atoms with van der Waals surface area (Å²) in [6.45, 7) is 11.4. The van der Waals surface area contributed by atoms with Crippen LogP contribution < -0.4 is 5.32 Å². The topological polar surface area (TPSA) is 38.1 Å². The lowest BCUT2D eigenvalue weighted by molar-refractivity contribution is 0.347. The third-order valence-corrected chi connectivity index (χ3v) is 2.77. The first kappa shape index (κ1) is 12.2. The molecule has 1 aromatic heterocycles. The lowest BCUT2D eigenvalue weighted by Gasteiger charge is -2.18. The van der Waals surface area contributed by atoms with E-state index in [9.17, 15) is 0 Å². The number of oxazole rings is 1. The zero-order valence-corrected chi connectivity index (χ0v) is 10.4. The molecule has 0 saturated carbocycles. The van der Waals surface area contributed by atoms with Gasteiger partial charge in [0.15, 0.2) is 0 Å². The van der Waals surface area contributed by atoms with E-state index in [-0.39, 0.29) is 5.41 Å². The Kier molecular flexibility index (Phi) is 3.91. The zero-order valence-electron chi connectivity index (χ0n) is 10.4. The molecule has 1 rings (SSSR count). The molecule has 3 nitrogen and oxygen atoms in total. The van der Waals surface area contributed by atoms with Crippen LogP contribution in [0.5, 0.6) is 0 Å². The van der Waals surface area contributed by atoms with Crippen molar-refractivity contribution in [2.24, 2.45) is 0 Å². The highest BCUT2D eigenvalue weighted by atomic mass is 16.4. The minimum atomic E-state index is 0.0864. The zero-order chi connectivity index (χ0) is 11.5. The number of aromatic nitrogens is 1. The minimum absolute atomic E-state index is 0.0864. The molecule has 15 heavy (non-hydrogen) atoms. The number of rotatable bonds is 5. The predicted octanol–water partition coefficient (Wildman–Crippen LogP) is 2.86. The van der Waals surface area contributed by atoms with Crippen LogP contribution in [0.25, 0.3) is 0 Å². The minimum Gasteiger partial charge on any atom is -0.444 e. The van der Waals surface area contributed by atoms with Gasteiger partial charge in [-0.05, 0) is 6.42 Å². The number of nitrogens with one attached hydrogen (secondary N) is 1. The van der Waals surface area contributed by atoms with Gasteiger partial charge in [-0.3, -0.25) is 0 Å². The first-order valence-corrected chi connectivity index (χ1v) is 5.64. The highest BCUT2D eigenvalue weighted by Gasteiger charge is 2.22. The molecule has 0 aromatic carbocycles. The Morgan fingerprint density at radius 3 is 2.67 bits per heavy atom. The molecule has 86 valence electrons. The molecule has 0 atom stereocenters. The Hall–Kier alpha value is -0.830. The maximum absolute atomic E-state index is 5.72. The summed E-state index contributed by atoms with van der Waals surface area (Å²) >= 11 is 0. The fraction of sp³-hybridized carbons (Fsp3) is 0.750. The SMILES string of the molecule is CCC(C)(C)c1cnc(CNC(C)C)o1. The van der Waals surface area contributed by atoms with Gasteiger partial charge in [0, 0.05) is 11.5 Å². The molecule has 0 radical (unpaired) electrons. The molecule has 0 spiro atoms. The lowest BCUT2D eigenvalue weighted by atomic mass is 9.88. The van der Waals surface area contributed by atoms with Crippen LogP contribution in [-0.4, -0.2) is 11.0 Å². The fourth-order valence-electron chi connectivity index (χ4n) is 1.17. The van der Waals surface area contributed by atoms with Gasteiger partial charge in [-0.2, -0.15) is 0 Å². The smallest absolute Gasteiger partial charge is 0.208 e. The van der Waals surface area contributed by atoms with Crippen molar-refractivity contribution in [1.82, 2.24) is 10.3 Å². The van der Waals surface area contributed by atoms with Crippen LogP contribution in [0.2, 0.25) is 0 Å². The summed E-state index contributed by atoms with van der Waals surface area (Å²) in [7, 11) is 0. The highest BCUT2D eigenvalue weighted by Crippen LogP contribution is 2.26. The van der Waals surface area contributed by atoms with Gasteiger partial charge in [0.1, 0.15) is 5.76 Å². The van der Waals surface area contributed by atoms with Gasteiger partial charge in [-0.25, -0.2) is 4.98 Å². The van der Waals surface area contributed by atoms with Gasteiger partial charge < -0.3 is 9.73 Å². The van der Waals surface area contributed by atoms with Gasteiger partial charge >= 0.3 is 0 Å². The molecule has 0 fully saturated rings. The van der Waals surface area contributed by atoms with Crippen LogP contribution in [0, 0.1) is 0 Å². The van der Waals surface area contributed by atoms with E-state index in [4.69, 9.17) is 4.42 Å². The molecule has 0 aliphatic carbocycles. The summed E-state index contributed by atoms with van der Waals surface area (Å²) in [5, 5.41) is 3.29. The third-order valence-electron chi connectivity index (χ3n) is 2.77. The van der Waals surface area contributed by atoms with Crippen LogP contribution in [0.1, 0.15) is 52.7 Å². The molecule has 1 heterocycles. The largest absolute Gasteiger partial charge is 0.444 e. The molecular formula is C12H22N2O. The van der Waals surface area contributed by atoms with Crippen molar-refractivity contribution in [2.75, 3.05) is 0 Å². The van der Waals surface area contributed by atoms with Crippen molar-refractivity contribution in [2.45, 2.75) is 59.0 Å². The first-order chi connectivity index (χ1) is 6.95. The Balaban J connectivity index is 2.64. The van der Waals surface area contributed by atoms with Crippen molar-refractivity contribution in [3.05, 3.63) is 17.8 Å². The van der Waals surface area contributed by atoms with Crippen LogP contribution in [0.15, 0.2) is 10.6 Å². The predicted molar refractivity (Wildman–Crippen MR) is 61.8 cm³/mol. The Morgan fingerprint density at radius 1 is 1.47 bits per heavy atom. The standard InChI is InChI=1S/C12H22N2O/c1-6-12(4,5)10-7-14-11(15-10)8-13-9(2)3/h7,9,13H,6,8H2,1-5H3.